The van der Waals surface area contributed by atoms with Crippen molar-refractivity contribution >= 4 is 33.4 Å². The molecule has 19 heavy (non-hydrogen) atoms. The molecule has 1 aromatic carbocycles. The summed E-state index contributed by atoms with van der Waals surface area (Å²) < 4.78 is 5.73. The van der Waals surface area contributed by atoms with Gasteiger partial charge in [-0.05, 0) is 41.1 Å². The van der Waals surface area contributed by atoms with Gasteiger partial charge < -0.3 is 9.42 Å². The van der Waals surface area contributed by atoms with Crippen molar-refractivity contribution in [3.05, 3.63) is 50.8 Å². The van der Waals surface area contributed by atoms with E-state index < -0.39 is 0 Å². The SMILES string of the molecule is Cc1cc(CN(C)C(=O)c2ccc(Br)c(Cl)c2)no1. The second-order valence-electron chi connectivity index (χ2n) is 4.22. The molecule has 0 aliphatic heterocycles. The third-order valence-electron chi connectivity index (χ3n) is 2.59. The first-order valence-corrected chi connectivity index (χ1v) is 6.77. The lowest BCUT2D eigenvalue weighted by molar-refractivity contribution is 0.0782. The molecule has 0 aliphatic rings. The van der Waals surface area contributed by atoms with Crippen molar-refractivity contribution in [1.82, 2.24) is 10.1 Å². The third-order valence-corrected chi connectivity index (χ3v) is 3.82. The van der Waals surface area contributed by atoms with Gasteiger partial charge in [0.1, 0.15) is 11.5 Å². The maximum Gasteiger partial charge on any atom is 0.254 e. The van der Waals surface area contributed by atoms with Crippen molar-refractivity contribution in [3.8, 4) is 0 Å². The van der Waals surface area contributed by atoms with Gasteiger partial charge in [-0.2, -0.15) is 0 Å². The van der Waals surface area contributed by atoms with Crippen molar-refractivity contribution in [2.24, 2.45) is 0 Å². The first-order valence-electron chi connectivity index (χ1n) is 5.60. The molecule has 1 aromatic heterocycles. The number of hydrogen-bond donors (Lipinski definition) is 0. The van der Waals surface area contributed by atoms with Gasteiger partial charge in [0.05, 0.1) is 11.6 Å². The predicted molar refractivity (Wildman–Crippen MR) is 76.2 cm³/mol. The average Bonchev–Trinajstić information content (AvgIpc) is 2.77. The topological polar surface area (TPSA) is 46.3 Å². The maximum atomic E-state index is 12.2. The van der Waals surface area contributed by atoms with E-state index >= 15 is 0 Å². The molecule has 0 atom stereocenters. The number of amides is 1. The van der Waals surface area contributed by atoms with E-state index in [9.17, 15) is 4.79 Å². The summed E-state index contributed by atoms with van der Waals surface area (Å²) in [4.78, 5) is 13.8. The van der Waals surface area contributed by atoms with Crippen LogP contribution in [0.15, 0.2) is 33.3 Å². The van der Waals surface area contributed by atoms with Gasteiger partial charge in [0, 0.05) is 23.2 Å². The van der Waals surface area contributed by atoms with Crippen molar-refractivity contribution in [3.63, 3.8) is 0 Å². The molecule has 1 heterocycles. The fourth-order valence-electron chi connectivity index (χ4n) is 1.66. The van der Waals surface area contributed by atoms with E-state index in [1.165, 1.54) is 0 Å². The van der Waals surface area contributed by atoms with Gasteiger partial charge in [-0.15, -0.1) is 0 Å². The van der Waals surface area contributed by atoms with Crippen LogP contribution in [0.3, 0.4) is 0 Å². The predicted octanol–water partition coefficient (Wildman–Crippen LogP) is 3.67. The monoisotopic (exact) mass is 342 g/mol. The number of halogens is 2. The molecule has 4 nitrogen and oxygen atoms in total. The van der Waals surface area contributed by atoms with Crippen LogP contribution in [-0.4, -0.2) is 23.0 Å². The first kappa shape index (κ1) is 14.1. The highest BCUT2D eigenvalue weighted by Crippen LogP contribution is 2.23. The van der Waals surface area contributed by atoms with E-state index in [2.05, 4.69) is 21.1 Å². The molecule has 0 N–H and O–H groups in total. The number of hydrogen-bond acceptors (Lipinski definition) is 3. The molecule has 0 saturated carbocycles. The highest BCUT2D eigenvalue weighted by atomic mass is 79.9. The number of benzene rings is 1. The standard InChI is InChI=1S/C13H12BrClN2O2/c1-8-5-10(16-19-8)7-17(2)13(18)9-3-4-11(14)12(15)6-9/h3-6H,7H2,1-2H3. The van der Waals surface area contributed by atoms with E-state index in [4.69, 9.17) is 16.1 Å². The van der Waals surface area contributed by atoms with E-state index in [1.54, 1.807) is 36.2 Å². The zero-order valence-corrected chi connectivity index (χ0v) is 12.8. The van der Waals surface area contributed by atoms with Crippen LogP contribution in [-0.2, 0) is 6.54 Å². The van der Waals surface area contributed by atoms with Crippen LogP contribution in [0.4, 0.5) is 0 Å². The summed E-state index contributed by atoms with van der Waals surface area (Å²) >= 11 is 9.27. The number of aromatic nitrogens is 1. The molecule has 2 rings (SSSR count). The molecule has 0 fully saturated rings. The molecule has 0 aliphatic carbocycles. The van der Waals surface area contributed by atoms with Gasteiger partial charge in [-0.25, -0.2) is 0 Å². The lowest BCUT2D eigenvalue weighted by Crippen LogP contribution is -2.26. The Bertz CT molecular complexity index is 612. The normalized spacial score (nSPS) is 10.5. The van der Waals surface area contributed by atoms with Crippen LogP contribution in [0.2, 0.25) is 5.02 Å². The molecule has 1 amide bonds. The Hall–Kier alpha value is -1.33. The molecule has 0 bridgehead atoms. The molecule has 2 aromatic rings. The van der Waals surface area contributed by atoms with Crippen LogP contribution in [0.25, 0.3) is 0 Å². The molecular formula is C13H12BrClN2O2. The Morgan fingerprint density at radius 1 is 1.47 bits per heavy atom. The summed E-state index contributed by atoms with van der Waals surface area (Å²) in [5.74, 6) is 0.609. The average molecular weight is 344 g/mol. The number of aryl methyl sites for hydroxylation is 1. The van der Waals surface area contributed by atoms with Crippen molar-refractivity contribution in [2.45, 2.75) is 13.5 Å². The molecule has 0 saturated heterocycles. The smallest absolute Gasteiger partial charge is 0.254 e. The van der Waals surface area contributed by atoms with Crippen molar-refractivity contribution < 1.29 is 9.32 Å². The molecular weight excluding hydrogens is 332 g/mol. The van der Waals surface area contributed by atoms with Gasteiger partial charge >= 0.3 is 0 Å². The molecule has 6 heteroatoms. The fourth-order valence-corrected chi connectivity index (χ4v) is 2.08. The zero-order valence-electron chi connectivity index (χ0n) is 10.5. The Balaban J connectivity index is 2.12. The van der Waals surface area contributed by atoms with E-state index in [-0.39, 0.29) is 5.91 Å². The summed E-state index contributed by atoms with van der Waals surface area (Å²) in [5.41, 5.74) is 1.26. The number of carbonyl (C=O) groups is 1. The summed E-state index contributed by atoms with van der Waals surface area (Å²) in [6, 6.07) is 6.92. The minimum atomic E-state index is -0.116. The van der Waals surface area contributed by atoms with Gasteiger partial charge in [0.25, 0.3) is 5.91 Å². The highest BCUT2D eigenvalue weighted by Gasteiger charge is 2.14. The van der Waals surface area contributed by atoms with Gasteiger partial charge in [0.2, 0.25) is 0 Å². The Morgan fingerprint density at radius 3 is 2.79 bits per heavy atom. The van der Waals surface area contributed by atoms with E-state index in [0.717, 1.165) is 15.9 Å². The van der Waals surface area contributed by atoms with Gasteiger partial charge in [-0.3, -0.25) is 4.79 Å². The summed E-state index contributed by atoms with van der Waals surface area (Å²) in [6.45, 7) is 2.21. The van der Waals surface area contributed by atoms with Crippen molar-refractivity contribution in [1.29, 1.82) is 0 Å². The molecule has 0 unspecified atom stereocenters. The Labute approximate surface area is 124 Å². The van der Waals surface area contributed by atoms with Crippen LogP contribution < -0.4 is 0 Å². The first-order chi connectivity index (χ1) is 8.97. The molecule has 0 radical (unpaired) electrons. The lowest BCUT2D eigenvalue weighted by Gasteiger charge is -2.15. The summed E-state index contributed by atoms with van der Waals surface area (Å²) in [7, 11) is 1.71. The van der Waals surface area contributed by atoms with Crippen LogP contribution in [0, 0.1) is 6.92 Å². The number of nitrogens with zero attached hydrogens (tertiary/aromatic N) is 2. The van der Waals surface area contributed by atoms with E-state index in [1.807, 2.05) is 6.92 Å². The lowest BCUT2D eigenvalue weighted by atomic mass is 10.2. The van der Waals surface area contributed by atoms with Crippen LogP contribution in [0.5, 0.6) is 0 Å². The fraction of sp³-hybridized carbons (Fsp3) is 0.231. The van der Waals surface area contributed by atoms with Gasteiger partial charge in [0.15, 0.2) is 0 Å². The third kappa shape index (κ3) is 3.36. The van der Waals surface area contributed by atoms with Crippen LogP contribution in [0.1, 0.15) is 21.8 Å². The minimum absolute atomic E-state index is 0.116. The largest absolute Gasteiger partial charge is 0.361 e. The molecule has 100 valence electrons. The van der Waals surface area contributed by atoms with Crippen molar-refractivity contribution in [2.75, 3.05) is 7.05 Å². The molecule has 0 spiro atoms. The highest BCUT2D eigenvalue weighted by molar-refractivity contribution is 9.10. The van der Waals surface area contributed by atoms with Gasteiger partial charge in [-0.1, -0.05) is 16.8 Å². The minimum Gasteiger partial charge on any atom is -0.361 e. The van der Waals surface area contributed by atoms with E-state index in [0.29, 0.717) is 17.1 Å². The summed E-state index contributed by atoms with van der Waals surface area (Å²) in [5, 5.41) is 4.37. The summed E-state index contributed by atoms with van der Waals surface area (Å²) in [6.07, 6.45) is 0. The second-order valence-corrected chi connectivity index (χ2v) is 5.48. The number of rotatable bonds is 3. The zero-order chi connectivity index (χ0) is 14.0. The Morgan fingerprint density at radius 2 is 2.21 bits per heavy atom. The number of carbonyl (C=O) groups excluding carboxylic acids is 1. The maximum absolute atomic E-state index is 12.2. The Kier molecular flexibility index (Phi) is 4.27. The van der Waals surface area contributed by atoms with Crippen LogP contribution >= 0.6 is 27.5 Å². The quantitative estimate of drug-likeness (QED) is 0.854. The second kappa shape index (κ2) is 5.75.